The highest BCUT2D eigenvalue weighted by Crippen LogP contribution is 2.36. The van der Waals surface area contributed by atoms with Crippen molar-refractivity contribution in [1.82, 2.24) is 9.38 Å². The van der Waals surface area contributed by atoms with Crippen molar-refractivity contribution in [3.8, 4) is 0 Å². The molecule has 2 aromatic rings. The molecule has 0 aliphatic heterocycles. The first-order chi connectivity index (χ1) is 9.30. The molecule has 0 saturated heterocycles. The third-order valence-electron chi connectivity index (χ3n) is 4.74. The van der Waals surface area contributed by atoms with Crippen LogP contribution in [0.15, 0.2) is 17.8 Å². The summed E-state index contributed by atoms with van der Waals surface area (Å²) >= 11 is 1.71. The van der Waals surface area contributed by atoms with Crippen LogP contribution in [-0.2, 0) is 6.42 Å². The fourth-order valence-corrected chi connectivity index (χ4v) is 4.22. The van der Waals surface area contributed by atoms with Crippen molar-refractivity contribution in [3.63, 3.8) is 0 Å². The van der Waals surface area contributed by atoms with E-state index in [-0.39, 0.29) is 0 Å². The second kappa shape index (κ2) is 5.63. The van der Waals surface area contributed by atoms with Gasteiger partial charge in [-0.05, 0) is 43.6 Å². The van der Waals surface area contributed by atoms with Gasteiger partial charge < -0.3 is 5.73 Å². The maximum Gasteiger partial charge on any atom is 0.193 e. The highest BCUT2D eigenvalue weighted by Gasteiger charge is 2.29. The minimum Gasteiger partial charge on any atom is -0.330 e. The Morgan fingerprint density at radius 3 is 3.05 bits per heavy atom. The van der Waals surface area contributed by atoms with Gasteiger partial charge in [0.05, 0.1) is 5.69 Å². The van der Waals surface area contributed by atoms with E-state index in [4.69, 9.17) is 10.7 Å². The number of aromatic nitrogens is 2. The second-order valence-electron chi connectivity index (χ2n) is 5.87. The Morgan fingerprint density at radius 2 is 2.32 bits per heavy atom. The maximum atomic E-state index is 5.97. The number of hydrogen-bond donors (Lipinski definition) is 1. The fourth-order valence-electron chi connectivity index (χ4n) is 3.50. The SMILES string of the molecule is CCC1CCC(CN)C(Cc2cn3ccsc3n2)C1. The van der Waals surface area contributed by atoms with E-state index in [0.717, 1.165) is 29.8 Å². The van der Waals surface area contributed by atoms with Crippen LogP contribution in [-0.4, -0.2) is 15.9 Å². The number of nitrogens with zero attached hydrogens (tertiary/aromatic N) is 2. The van der Waals surface area contributed by atoms with E-state index in [9.17, 15) is 0 Å². The zero-order valence-corrected chi connectivity index (χ0v) is 12.4. The van der Waals surface area contributed by atoms with E-state index in [2.05, 4.69) is 29.1 Å². The van der Waals surface area contributed by atoms with Crippen LogP contribution in [0, 0.1) is 17.8 Å². The van der Waals surface area contributed by atoms with Gasteiger partial charge in [0.25, 0.3) is 0 Å². The van der Waals surface area contributed by atoms with Crippen LogP contribution in [0.3, 0.4) is 0 Å². The van der Waals surface area contributed by atoms with Crippen LogP contribution in [0.25, 0.3) is 4.96 Å². The smallest absolute Gasteiger partial charge is 0.193 e. The van der Waals surface area contributed by atoms with Gasteiger partial charge in [-0.3, -0.25) is 4.40 Å². The van der Waals surface area contributed by atoms with Gasteiger partial charge in [-0.15, -0.1) is 11.3 Å². The van der Waals surface area contributed by atoms with Crippen LogP contribution >= 0.6 is 11.3 Å². The first-order valence-electron chi connectivity index (χ1n) is 7.41. The minimum atomic E-state index is 0.697. The highest BCUT2D eigenvalue weighted by molar-refractivity contribution is 7.15. The quantitative estimate of drug-likeness (QED) is 0.931. The number of nitrogens with two attached hydrogens (primary N) is 1. The first-order valence-corrected chi connectivity index (χ1v) is 8.29. The molecule has 3 nitrogen and oxygen atoms in total. The molecule has 1 saturated carbocycles. The lowest BCUT2D eigenvalue weighted by molar-refractivity contribution is 0.179. The van der Waals surface area contributed by atoms with Gasteiger partial charge in [0.1, 0.15) is 0 Å². The topological polar surface area (TPSA) is 43.3 Å². The Balaban J connectivity index is 1.73. The van der Waals surface area contributed by atoms with Crippen molar-refractivity contribution in [2.45, 2.75) is 39.0 Å². The molecular weight excluding hydrogens is 254 g/mol. The molecule has 3 atom stereocenters. The molecule has 1 fully saturated rings. The van der Waals surface area contributed by atoms with Crippen LogP contribution in [0.1, 0.15) is 38.3 Å². The average Bonchev–Trinajstić information content (AvgIpc) is 2.99. The van der Waals surface area contributed by atoms with E-state index in [1.165, 1.54) is 31.4 Å². The number of imidazole rings is 1. The summed E-state index contributed by atoms with van der Waals surface area (Å²) in [5.41, 5.74) is 7.21. The van der Waals surface area contributed by atoms with Gasteiger partial charge in [-0.2, -0.15) is 0 Å². The lowest BCUT2D eigenvalue weighted by Gasteiger charge is -2.35. The molecule has 2 heterocycles. The lowest BCUT2D eigenvalue weighted by Crippen LogP contribution is -2.31. The van der Waals surface area contributed by atoms with Gasteiger partial charge >= 0.3 is 0 Å². The number of thiazole rings is 1. The molecule has 2 aromatic heterocycles. The molecule has 0 aromatic carbocycles. The molecule has 1 aliphatic carbocycles. The van der Waals surface area contributed by atoms with E-state index < -0.39 is 0 Å². The Labute approximate surface area is 118 Å². The van der Waals surface area contributed by atoms with Gasteiger partial charge in [-0.1, -0.05) is 19.8 Å². The van der Waals surface area contributed by atoms with Crippen molar-refractivity contribution in [3.05, 3.63) is 23.5 Å². The van der Waals surface area contributed by atoms with Crippen molar-refractivity contribution >= 4 is 16.3 Å². The molecule has 1 aliphatic rings. The van der Waals surface area contributed by atoms with Gasteiger partial charge in [-0.25, -0.2) is 4.98 Å². The molecular formula is C15H23N3S. The summed E-state index contributed by atoms with van der Waals surface area (Å²) < 4.78 is 2.14. The number of hydrogen-bond acceptors (Lipinski definition) is 3. The lowest BCUT2D eigenvalue weighted by atomic mass is 9.71. The standard InChI is InChI=1S/C15H23N3S/c1-2-11-3-4-12(9-16)13(7-11)8-14-10-18-5-6-19-15(18)17-14/h5-6,10-13H,2-4,7-9,16H2,1H3. The summed E-state index contributed by atoms with van der Waals surface area (Å²) in [4.78, 5) is 5.84. The molecule has 3 rings (SSSR count). The summed E-state index contributed by atoms with van der Waals surface area (Å²) in [7, 11) is 0. The molecule has 2 N–H and O–H groups in total. The molecule has 3 unspecified atom stereocenters. The third-order valence-corrected chi connectivity index (χ3v) is 5.51. The van der Waals surface area contributed by atoms with E-state index in [1.54, 1.807) is 11.3 Å². The number of rotatable bonds is 4. The Hall–Kier alpha value is -0.870. The van der Waals surface area contributed by atoms with Gasteiger partial charge in [0.15, 0.2) is 4.96 Å². The minimum absolute atomic E-state index is 0.697. The molecule has 0 radical (unpaired) electrons. The predicted octanol–water partition coefficient (Wildman–Crippen LogP) is 3.34. The number of fused-ring (bicyclic) bond motifs is 1. The summed E-state index contributed by atoms with van der Waals surface area (Å²) in [6.45, 7) is 3.15. The predicted molar refractivity (Wildman–Crippen MR) is 80.4 cm³/mol. The largest absolute Gasteiger partial charge is 0.330 e. The molecule has 0 spiro atoms. The second-order valence-corrected chi connectivity index (χ2v) is 6.75. The van der Waals surface area contributed by atoms with E-state index >= 15 is 0 Å². The van der Waals surface area contributed by atoms with Gasteiger partial charge in [0.2, 0.25) is 0 Å². The summed E-state index contributed by atoms with van der Waals surface area (Å²) in [5.74, 6) is 2.33. The normalized spacial score (nSPS) is 28.0. The zero-order chi connectivity index (χ0) is 13.2. The van der Waals surface area contributed by atoms with E-state index in [1.807, 2.05) is 0 Å². The summed E-state index contributed by atoms with van der Waals surface area (Å²) in [5, 5.41) is 2.09. The summed E-state index contributed by atoms with van der Waals surface area (Å²) in [6.07, 6.45) is 10.7. The molecule has 0 bridgehead atoms. The summed E-state index contributed by atoms with van der Waals surface area (Å²) in [6, 6.07) is 0. The Morgan fingerprint density at radius 1 is 1.42 bits per heavy atom. The van der Waals surface area contributed by atoms with Crippen LogP contribution in [0.4, 0.5) is 0 Å². The fraction of sp³-hybridized carbons (Fsp3) is 0.667. The van der Waals surface area contributed by atoms with Crippen LogP contribution in [0.5, 0.6) is 0 Å². The zero-order valence-electron chi connectivity index (χ0n) is 11.6. The third kappa shape index (κ3) is 2.70. The Bertz CT molecular complexity index is 502. The average molecular weight is 277 g/mol. The van der Waals surface area contributed by atoms with Crippen molar-refractivity contribution in [2.24, 2.45) is 23.5 Å². The van der Waals surface area contributed by atoms with Crippen molar-refractivity contribution in [1.29, 1.82) is 0 Å². The molecule has 0 amide bonds. The van der Waals surface area contributed by atoms with Crippen LogP contribution < -0.4 is 5.73 Å². The van der Waals surface area contributed by atoms with Crippen molar-refractivity contribution < 1.29 is 0 Å². The Kier molecular flexibility index (Phi) is 3.89. The van der Waals surface area contributed by atoms with Crippen LogP contribution in [0.2, 0.25) is 0 Å². The van der Waals surface area contributed by atoms with Crippen molar-refractivity contribution in [2.75, 3.05) is 6.54 Å². The molecule has 4 heteroatoms. The first kappa shape index (κ1) is 13.1. The maximum absolute atomic E-state index is 5.97. The van der Waals surface area contributed by atoms with E-state index in [0.29, 0.717) is 5.92 Å². The molecule has 104 valence electrons. The monoisotopic (exact) mass is 277 g/mol. The highest BCUT2D eigenvalue weighted by atomic mass is 32.1. The van der Waals surface area contributed by atoms with Gasteiger partial charge in [0, 0.05) is 17.8 Å². The molecule has 19 heavy (non-hydrogen) atoms.